The largest absolute Gasteiger partial charge is 0.435 e. The summed E-state index contributed by atoms with van der Waals surface area (Å²) in [6, 6.07) is 4.43. The van der Waals surface area contributed by atoms with Crippen LogP contribution in [0.15, 0.2) is 47.4 Å². The van der Waals surface area contributed by atoms with Gasteiger partial charge in [-0.1, -0.05) is 0 Å². The molecule has 3 rings (SSSR count). The Bertz CT molecular complexity index is 1340. The lowest BCUT2D eigenvalue weighted by Gasteiger charge is -2.20. The summed E-state index contributed by atoms with van der Waals surface area (Å²) in [5, 5.41) is 16.5. The van der Waals surface area contributed by atoms with Crippen LogP contribution in [0.3, 0.4) is 0 Å². The number of amides is 1. The molecule has 0 saturated carbocycles. The lowest BCUT2D eigenvalue weighted by atomic mass is 10.0. The van der Waals surface area contributed by atoms with Crippen molar-refractivity contribution in [2.75, 3.05) is 26.0 Å². The number of hydrogen-bond donors (Lipinski definition) is 5. The number of aliphatic imine (C=N–C) groups is 1. The number of ether oxygens (including phenoxy) is 1. The van der Waals surface area contributed by atoms with Crippen LogP contribution in [0.5, 0.6) is 5.75 Å². The average molecular weight is 513 g/mol. The van der Waals surface area contributed by atoms with Crippen LogP contribution < -0.4 is 20.7 Å². The normalized spacial score (nSPS) is 12.5. The minimum Gasteiger partial charge on any atom is -0.435 e. The number of hydrogen-bond acceptors (Lipinski definition) is 8. The molecule has 2 aromatic heterocycles. The first kappa shape index (κ1) is 27.2. The van der Waals surface area contributed by atoms with Crippen LogP contribution in [-0.2, 0) is 0 Å². The van der Waals surface area contributed by atoms with Gasteiger partial charge in [0.1, 0.15) is 17.0 Å². The van der Waals surface area contributed by atoms with Gasteiger partial charge in [-0.3, -0.25) is 9.79 Å². The molecule has 3 aromatic rings. The van der Waals surface area contributed by atoms with E-state index in [-0.39, 0.29) is 18.2 Å². The van der Waals surface area contributed by atoms with Crippen molar-refractivity contribution in [3.05, 3.63) is 59.2 Å². The molecule has 0 fully saturated rings. The van der Waals surface area contributed by atoms with Crippen molar-refractivity contribution in [3.63, 3.8) is 0 Å². The zero-order valence-corrected chi connectivity index (χ0v) is 21.2. The summed E-state index contributed by atoms with van der Waals surface area (Å²) in [5.74, 6) is -0.374. The molecule has 0 aliphatic carbocycles. The summed E-state index contributed by atoms with van der Waals surface area (Å²) in [4.78, 5) is 29.2. The quantitative estimate of drug-likeness (QED) is 0.262. The maximum Gasteiger partial charge on any atom is 0.387 e. The van der Waals surface area contributed by atoms with Gasteiger partial charge in [0.2, 0.25) is 0 Å². The number of nitrogens with one attached hydrogen (secondary N) is 5. The van der Waals surface area contributed by atoms with Gasteiger partial charge in [0.15, 0.2) is 5.65 Å². The molecule has 1 aromatic carbocycles. The fourth-order valence-electron chi connectivity index (χ4n) is 3.54. The second-order valence-electron chi connectivity index (χ2n) is 9.02. The summed E-state index contributed by atoms with van der Waals surface area (Å²) >= 11 is 0. The third-order valence-corrected chi connectivity index (χ3v) is 5.05. The van der Waals surface area contributed by atoms with Gasteiger partial charge in [0.25, 0.3) is 5.91 Å². The van der Waals surface area contributed by atoms with Gasteiger partial charge in [0.05, 0.1) is 17.5 Å². The van der Waals surface area contributed by atoms with Crippen molar-refractivity contribution >= 4 is 34.7 Å². The topological polar surface area (TPSA) is 140 Å². The number of nitrogens with zero attached hydrogens (tertiary/aromatic N) is 3. The molecule has 12 heteroatoms. The molecule has 0 bridgehead atoms. The van der Waals surface area contributed by atoms with Crippen molar-refractivity contribution < 1.29 is 18.3 Å². The minimum atomic E-state index is -3.00. The number of carbonyl (C=O) groups is 1. The Labute approximate surface area is 213 Å². The Morgan fingerprint density at radius 1 is 1.30 bits per heavy atom. The van der Waals surface area contributed by atoms with Crippen LogP contribution in [0, 0.1) is 5.41 Å². The van der Waals surface area contributed by atoms with Crippen LogP contribution in [0.2, 0.25) is 0 Å². The third-order valence-electron chi connectivity index (χ3n) is 5.05. The molecular weight excluding hydrogens is 482 g/mol. The van der Waals surface area contributed by atoms with Crippen LogP contribution in [-0.4, -0.2) is 65.6 Å². The summed E-state index contributed by atoms with van der Waals surface area (Å²) in [6.45, 7) is 2.89. The highest BCUT2D eigenvalue weighted by Gasteiger charge is 2.22. The molecule has 0 radical (unpaired) electrons. The number of halogens is 2. The number of aromatic amines is 1. The van der Waals surface area contributed by atoms with E-state index in [0.29, 0.717) is 45.0 Å². The van der Waals surface area contributed by atoms with Gasteiger partial charge in [-0.25, -0.2) is 9.97 Å². The molecule has 5 N–H and O–H groups in total. The minimum absolute atomic E-state index is 0.0596. The first-order valence-corrected chi connectivity index (χ1v) is 11.4. The molecule has 37 heavy (non-hydrogen) atoms. The Morgan fingerprint density at radius 2 is 2.05 bits per heavy atom. The summed E-state index contributed by atoms with van der Waals surface area (Å²) < 4.78 is 30.5. The standard InChI is InChI=1S/C25H30F2N8O2/c1-25(2,3)35-23(36)17-12-32-22-21(17)34-19(13-33-22)20(30-5)16-8-15(37-24(26)27)6-7-18(16)31-11-14(9-28)10-29-4/h6-10,12-13,24,28-29,31H,11H2,1-5H3,(H,32,33)(H,35,36)/b14-10+,28-9?,30-20+. The predicted molar refractivity (Wildman–Crippen MR) is 140 cm³/mol. The van der Waals surface area contributed by atoms with Gasteiger partial charge >= 0.3 is 6.61 Å². The van der Waals surface area contributed by atoms with E-state index in [4.69, 9.17) is 5.41 Å². The molecule has 0 aliphatic rings. The Balaban J connectivity index is 2.07. The number of H-pyrrole nitrogens is 1. The van der Waals surface area contributed by atoms with Gasteiger partial charge in [0, 0.05) is 61.6 Å². The lowest BCUT2D eigenvalue weighted by Crippen LogP contribution is -2.40. The fraction of sp³-hybridized carbons (Fsp3) is 0.320. The molecule has 0 unspecified atom stereocenters. The molecule has 2 heterocycles. The molecule has 1 amide bonds. The molecule has 0 aliphatic heterocycles. The lowest BCUT2D eigenvalue weighted by molar-refractivity contribution is -0.0498. The number of fused-ring (bicyclic) bond motifs is 1. The van der Waals surface area contributed by atoms with Gasteiger partial charge < -0.3 is 31.1 Å². The number of anilines is 1. The van der Waals surface area contributed by atoms with Crippen LogP contribution in [0.25, 0.3) is 11.2 Å². The van der Waals surface area contributed by atoms with Crippen molar-refractivity contribution in [3.8, 4) is 5.75 Å². The van der Waals surface area contributed by atoms with Crippen LogP contribution >= 0.6 is 0 Å². The Morgan fingerprint density at radius 3 is 2.68 bits per heavy atom. The van der Waals surface area contributed by atoms with E-state index in [0.717, 1.165) is 0 Å². The Hall–Kier alpha value is -4.35. The van der Waals surface area contributed by atoms with Gasteiger partial charge in [-0.2, -0.15) is 8.78 Å². The van der Waals surface area contributed by atoms with E-state index in [9.17, 15) is 13.6 Å². The molecule has 0 spiro atoms. The molecule has 0 saturated heterocycles. The second kappa shape index (κ2) is 11.6. The second-order valence-corrected chi connectivity index (χ2v) is 9.02. The zero-order valence-electron chi connectivity index (χ0n) is 21.2. The summed E-state index contributed by atoms with van der Waals surface area (Å²) in [6.07, 6.45) is 5.89. The molecule has 196 valence electrons. The van der Waals surface area contributed by atoms with Crippen molar-refractivity contribution in [2.45, 2.75) is 32.9 Å². The average Bonchev–Trinajstić information content (AvgIpc) is 3.25. The van der Waals surface area contributed by atoms with Crippen molar-refractivity contribution in [2.24, 2.45) is 4.99 Å². The van der Waals surface area contributed by atoms with Crippen LogP contribution in [0.1, 0.15) is 42.4 Å². The first-order chi connectivity index (χ1) is 17.6. The highest BCUT2D eigenvalue weighted by Crippen LogP contribution is 2.27. The molecule has 10 nitrogen and oxygen atoms in total. The van der Waals surface area contributed by atoms with E-state index >= 15 is 0 Å². The van der Waals surface area contributed by atoms with E-state index < -0.39 is 12.2 Å². The predicted octanol–water partition coefficient (Wildman–Crippen LogP) is 3.72. The van der Waals surface area contributed by atoms with E-state index in [1.165, 1.54) is 30.7 Å². The smallest absolute Gasteiger partial charge is 0.387 e. The SMILES string of the molecule is C/N=C(/c1cnc2[nH]cc(C(=O)NC(C)(C)C)c2n1)c1cc(OC(F)F)ccc1NC/C(C=N)=C/NC. The fourth-order valence-corrected chi connectivity index (χ4v) is 3.54. The number of carbonyl (C=O) groups excluding carboxylic acids is 1. The maximum atomic E-state index is 12.9. The van der Waals surface area contributed by atoms with Crippen LogP contribution in [0.4, 0.5) is 14.5 Å². The number of alkyl halides is 2. The maximum absolute atomic E-state index is 12.9. The summed E-state index contributed by atoms with van der Waals surface area (Å²) in [5.41, 5.74) is 2.92. The van der Waals surface area contributed by atoms with Crippen molar-refractivity contribution in [1.29, 1.82) is 5.41 Å². The number of benzene rings is 1. The van der Waals surface area contributed by atoms with Gasteiger partial charge in [-0.05, 0) is 39.0 Å². The van der Waals surface area contributed by atoms with E-state index in [1.807, 2.05) is 20.8 Å². The van der Waals surface area contributed by atoms with Crippen molar-refractivity contribution in [1.82, 2.24) is 25.6 Å². The highest BCUT2D eigenvalue weighted by atomic mass is 19.3. The summed E-state index contributed by atoms with van der Waals surface area (Å²) in [7, 11) is 3.26. The third kappa shape index (κ3) is 6.87. The Kier molecular flexibility index (Phi) is 8.53. The number of aromatic nitrogens is 3. The molecule has 0 atom stereocenters. The number of rotatable bonds is 10. The zero-order chi connectivity index (χ0) is 27.2. The molecular formula is C25H30F2N8O2. The highest BCUT2D eigenvalue weighted by molar-refractivity contribution is 6.16. The van der Waals surface area contributed by atoms with E-state index in [2.05, 4.69) is 40.6 Å². The van der Waals surface area contributed by atoms with Gasteiger partial charge in [-0.15, -0.1) is 0 Å². The monoisotopic (exact) mass is 512 g/mol. The first-order valence-electron chi connectivity index (χ1n) is 11.4. The van der Waals surface area contributed by atoms with E-state index in [1.54, 1.807) is 26.4 Å².